The summed E-state index contributed by atoms with van der Waals surface area (Å²) in [5.74, 6) is 0.848. The van der Waals surface area contributed by atoms with Crippen molar-refractivity contribution >= 4 is 5.91 Å². The first kappa shape index (κ1) is 15.6. The van der Waals surface area contributed by atoms with Crippen LogP contribution in [0.4, 0.5) is 0 Å². The molecule has 3 rings (SSSR count). The van der Waals surface area contributed by atoms with E-state index in [0.29, 0.717) is 18.8 Å². The number of hydrogen-bond acceptors (Lipinski definition) is 5. The number of amides is 1. The topological polar surface area (TPSA) is 77.0 Å². The van der Waals surface area contributed by atoms with Crippen molar-refractivity contribution in [3.63, 3.8) is 0 Å². The summed E-state index contributed by atoms with van der Waals surface area (Å²) < 4.78 is 5.55. The predicted molar refractivity (Wildman–Crippen MR) is 84.9 cm³/mol. The summed E-state index contributed by atoms with van der Waals surface area (Å²) in [6.07, 6.45) is 8.34. The zero-order chi connectivity index (χ0) is 16.1. The largest absolute Gasteiger partial charge is 0.379 e. The van der Waals surface area contributed by atoms with Gasteiger partial charge in [-0.3, -0.25) is 9.78 Å². The molecule has 0 unspecified atom stereocenters. The van der Waals surface area contributed by atoms with Crippen LogP contribution in [0.3, 0.4) is 0 Å². The van der Waals surface area contributed by atoms with Gasteiger partial charge in [-0.05, 0) is 24.1 Å². The average molecular weight is 312 g/mol. The predicted octanol–water partition coefficient (Wildman–Crippen LogP) is 1.42. The molecular weight excluding hydrogens is 292 g/mol. The summed E-state index contributed by atoms with van der Waals surface area (Å²) in [4.78, 5) is 24.7. The summed E-state index contributed by atoms with van der Waals surface area (Å²) in [7, 11) is 0. The molecule has 2 aromatic heterocycles. The molecule has 2 atom stereocenters. The van der Waals surface area contributed by atoms with E-state index in [1.165, 1.54) is 5.56 Å². The van der Waals surface area contributed by atoms with Crippen LogP contribution in [0.5, 0.6) is 0 Å². The fourth-order valence-corrected chi connectivity index (χ4v) is 2.69. The van der Waals surface area contributed by atoms with Gasteiger partial charge in [0.25, 0.3) is 5.91 Å². The third kappa shape index (κ3) is 3.90. The van der Waals surface area contributed by atoms with Crippen LogP contribution in [0.25, 0.3) is 0 Å². The number of aromatic nitrogens is 3. The number of hydrogen-bond donors (Lipinski definition) is 1. The summed E-state index contributed by atoms with van der Waals surface area (Å²) in [6, 6.07) is 3.99. The molecule has 1 N–H and O–H groups in total. The third-order valence-corrected chi connectivity index (χ3v) is 4.05. The first-order valence-electron chi connectivity index (χ1n) is 7.84. The fourth-order valence-electron chi connectivity index (χ4n) is 2.69. The quantitative estimate of drug-likeness (QED) is 0.903. The molecule has 1 aliphatic rings. The van der Waals surface area contributed by atoms with Crippen molar-refractivity contribution in [3.8, 4) is 0 Å². The van der Waals surface area contributed by atoms with E-state index >= 15 is 0 Å². The Morgan fingerprint density at radius 3 is 2.70 bits per heavy atom. The highest BCUT2D eigenvalue weighted by atomic mass is 16.5. The maximum atomic E-state index is 12.3. The van der Waals surface area contributed by atoms with Crippen LogP contribution in [0.2, 0.25) is 0 Å². The van der Waals surface area contributed by atoms with E-state index in [2.05, 4.69) is 20.3 Å². The number of pyridine rings is 1. The van der Waals surface area contributed by atoms with Gasteiger partial charge in [0.15, 0.2) is 0 Å². The molecule has 1 fully saturated rings. The van der Waals surface area contributed by atoms with Crippen LogP contribution in [0.1, 0.15) is 28.7 Å². The summed E-state index contributed by atoms with van der Waals surface area (Å²) in [5, 5.41) is 3.04. The van der Waals surface area contributed by atoms with E-state index in [1.807, 2.05) is 19.1 Å². The number of ether oxygens (including phenoxy) is 1. The molecule has 2 aromatic rings. The molecule has 0 spiro atoms. The van der Waals surface area contributed by atoms with Gasteiger partial charge in [0.2, 0.25) is 0 Å². The second kappa shape index (κ2) is 7.28. The minimum absolute atomic E-state index is 0.00140. The molecule has 23 heavy (non-hydrogen) atoms. The molecule has 1 amide bonds. The molecule has 0 saturated carbocycles. The van der Waals surface area contributed by atoms with Gasteiger partial charge in [-0.15, -0.1) is 0 Å². The Balaban J connectivity index is 1.62. The Morgan fingerprint density at radius 1 is 1.26 bits per heavy atom. The number of carbonyl (C=O) groups excluding carboxylic acids is 1. The Kier molecular flexibility index (Phi) is 4.92. The monoisotopic (exact) mass is 312 g/mol. The summed E-state index contributed by atoms with van der Waals surface area (Å²) in [5.41, 5.74) is 1.68. The molecule has 6 nitrogen and oxygen atoms in total. The van der Waals surface area contributed by atoms with Gasteiger partial charge in [-0.1, -0.05) is 6.92 Å². The number of nitrogens with zero attached hydrogens (tertiary/aromatic N) is 3. The zero-order valence-electron chi connectivity index (χ0n) is 13.1. The van der Waals surface area contributed by atoms with Crippen LogP contribution in [0, 0.1) is 5.92 Å². The Bertz CT molecular complexity index is 645. The molecule has 1 saturated heterocycles. The van der Waals surface area contributed by atoms with Crippen molar-refractivity contribution in [2.45, 2.75) is 25.8 Å². The Hall–Kier alpha value is -2.34. The van der Waals surface area contributed by atoms with Crippen molar-refractivity contribution in [1.29, 1.82) is 0 Å². The van der Waals surface area contributed by atoms with E-state index in [4.69, 9.17) is 4.74 Å². The molecule has 0 radical (unpaired) electrons. The Morgan fingerprint density at radius 2 is 2.00 bits per heavy atom. The van der Waals surface area contributed by atoms with E-state index in [-0.39, 0.29) is 17.9 Å². The number of carbonyl (C=O) groups is 1. The molecule has 1 aliphatic heterocycles. The van der Waals surface area contributed by atoms with Crippen LogP contribution in [-0.2, 0) is 17.6 Å². The smallest absolute Gasteiger partial charge is 0.254 e. The van der Waals surface area contributed by atoms with Gasteiger partial charge in [-0.25, -0.2) is 9.97 Å². The van der Waals surface area contributed by atoms with Crippen LogP contribution in [-0.4, -0.2) is 40.1 Å². The van der Waals surface area contributed by atoms with Crippen molar-refractivity contribution in [2.24, 2.45) is 5.92 Å². The maximum absolute atomic E-state index is 12.3. The third-order valence-electron chi connectivity index (χ3n) is 4.05. The van der Waals surface area contributed by atoms with Crippen molar-refractivity contribution in [3.05, 3.63) is 53.9 Å². The molecule has 0 bridgehead atoms. The highest BCUT2D eigenvalue weighted by molar-refractivity contribution is 5.93. The SMILES string of the molecule is CCc1ncc(C(=O)N[C@@H]2COC[C@H]2Cc2ccncc2)cn1. The number of aryl methyl sites for hydroxylation is 1. The summed E-state index contributed by atoms with van der Waals surface area (Å²) >= 11 is 0. The normalized spacial score (nSPS) is 20.4. The van der Waals surface area contributed by atoms with Crippen molar-refractivity contribution in [2.75, 3.05) is 13.2 Å². The van der Waals surface area contributed by atoms with Gasteiger partial charge in [0.05, 0.1) is 24.8 Å². The van der Waals surface area contributed by atoms with Gasteiger partial charge >= 0.3 is 0 Å². The first-order valence-corrected chi connectivity index (χ1v) is 7.84. The maximum Gasteiger partial charge on any atom is 0.254 e. The molecule has 0 aromatic carbocycles. The molecule has 0 aliphatic carbocycles. The van der Waals surface area contributed by atoms with Crippen molar-refractivity contribution in [1.82, 2.24) is 20.3 Å². The van der Waals surface area contributed by atoms with Crippen LogP contribution >= 0.6 is 0 Å². The molecule has 3 heterocycles. The standard InChI is InChI=1S/C17H20N4O2/c1-2-16-19-8-14(9-20-16)17(22)21-15-11-23-10-13(15)7-12-3-5-18-6-4-12/h3-6,8-9,13,15H,2,7,10-11H2,1H3,(H,21,22)/t13-,15-/m1/s1. The second-order valence-corrected chi connectivity index (χ2v) is 5.68. The van der Waals surface area contributed by atoms with E-state index in [9.17, 15) is 4.79 Å². The summed E-state index contributed by atoms with van der Waals surface area (Å²) in [6.45, 7) is 3.17. The van der Waals surface area contributed by atoms with E-state index in [1.54, 1.807) is 24.8 Å². The van der Waals surface area contributed by atoms with Gasteiger partial charge < -0.3 is 10.1 Å². The highest BCUT2D eigenvalue weighted by Gasteiger charge is 2.30. The first-order chi connectivity index (χ1) is 11.3. The van der Waals surface area contributed by atoms with Gasteiger partial charge in [0, 0.05) is 37.1 Å². The zero-order valence-corrected chi connectivity index (χ0v) is 13.1. The van der Waals surface area contributed by atoms with Crippen LogP contribution < -0.4 is 5.32 Å². The highest BCUT2D eigenvalue weighted by Crippen LogP contribution is 2.19. The van der Waals surface area contributed by atoms with Gasteiger partial charge in [0.1, 0.15) is 5.82 Å². The lowest BCUT2D eigenvalue weighted by molar-refractivity contribution is 0.0924. The van der Waals surface area contributed by atoms with Gasteiger partial charge in [-0.2, -0.15) is 0 Å². The minimum Gasteiger partial charge on any atom is -0.379 e. The fraction of sp³-hybridized carbons (Fsp3) is 0.412. The second-order valence-electron chi connectivity index (χ2n) is 5.68. The number of rotatable bonds is 5. The molecule has 120 valence electrons. The van der Waals surface area contributed by atoms with E-state index in [0.717, 1.165) is 18.7 Å². The minimum atomic E-state index is -0.150. The Labute approximate surface area is 135 Å². The average Bonchev–Trinajstić information content (AvgIpc) is 3.02. The van der Waals surface area contributed by atoms with Crippen LogP contribution in [0.15, 0.2) is 36.9 Å². The molecule has 6 heteroatoms. The van der Waals surface area contributed by atoms with E-state index < -0.39 is 0 Å². The lowest BCUT2D eigenvalue weighted by Gasteiger charge is -2.19. The lowest BCUT2D eigenvalue weighted by atomic mass is 9.95. The van der Waals surface area contributed by atoms with Crippen molar-refractivity contribution < 1.29 is 9.53 Å². The lowest BCUT2D eigenvalue weighted by Crippen LogP contribution is -2.40. The molecular formula is C17H20N4O2. The number of nitrogens with one attached hydrogen (secondary N) is 1.